The van der Waals surface area contributed by atoms with Gasteiger partial charge in [-0.2, -0.15) is 0 Å². The third-order valence-corrected chi connectivity index (χ3v) is 2.15. The molecule has 1 aliphatic rings. The molecule has 1 rings (SSSR count). The van der Waals surface area contributed by atoms with Crippen LogP contribution in [0.4, 0.5) is 0 Å². The fourth-order valence-electron chi connectivity index (χ4n) is 1.29. The van der Waals surface area contributed by atoms with Gasteiger partial charge < -0.3 is 9.58 Å². The van der Waals surface area contributed by atoms with Crippen molar-refractivity contribution in [2.24, 2.45) is 11.8 Å². The summed E-state index contributed by atoms with van der Waals surface area (Å²) in [5, 5.41) is 0. The molecule has 56 valence electrons. The molecule has 1 fully saturated rings. The second kappa shape index (κ2) is 3.58. The normalized spacial score (nSPS) is 27.8. The van der Waals surface area contributed by atoms with E-state index in [0.717, 1.165) is 19.6 Å². The first-order chi connectivity index (χ1) is 4.84. The molecule has 0 amide bonds. The van der Waals surface area contributed by atoms with Gasteiger partial charge in [0.15, 0.2) is 0 Å². The largest absolute Gasteiger partial charge is 0.381 e. The predicted molar refractivity (Wildman–Crippen MR) is 39.6 cm³/mol. The quantitative estimate of drug-likeness (QED) is 0.529. The van der Waals surface area contributed by atoms with Crippen LogP contribution in [0.3, 0.4) is 0 Å². The van der Waals surface area contributed by atoms with Gasteiger partial charge in [0.05, 0.1) is 0 Å². The lowest BCUT2D eigenvalue weighted by Gasteiger charge is -2.10. The molecule has 0 aromatic carbocycles. The maximum Gasteiger partial charge on any atom is 0.217 e. The molecular weight excluding hydrogens is 126 g/mol. The lowest BCUT2D eigenvalue weighted by molar-refractivity contribution is 0.176. The number of hydrogen-bond donors (Lipinski definition) is 0. The Morgan fingerprint density at radius 2 is 2.60 bits per heavy atom. The molecule has 0 spiro atoms. The lowest BCUT2D eigenvalue weighted by Crippen LogP contribution is -2.13. The zero-order valence-corrected chi connectivity index (χ0v) is 6.34. The minimum atomic E-state index is 0.528. The van der Waals surface area contributed by atoms with Crippen LogP contribution in [0.15, 0.2) is 0 Å². The SMILES string of the molecule is [C-]#[N+]CC(C)C1CCOC1. The molecule has 2 nitrogen and oxygen atoms in total. The standard InChI is InChI=1S/C8H13NO/c1-7(5-9-2)8-3-4-10-6-8/h7-8H,3-6H2,1H3. The van der Waals surface area contributed by atoms with Crippen LogP contribution in [0.25, 0.3) is 4.85 Å². The summed E-state index contributed by atoms with van der Waals surface area (Å²) in [6.45, 7) is 11.2. The van der Waals surface area contributed by atoms with Gasteiger partial charge >= 0.3 is 0 Å². The fourth-order valence-corrected chi connectivity index (χ4v) is 1.29. The Hall–Kier alpha value is -0.550. The highest BCUT2D eigenvalue weighted by atomic mass is 16.5. The molecule has 2 unspecified atom stereocenters. The lowest BCUT2D eigenvalue weighted by atomic mass is 9.94. The maximum atomic E-state index is 6.68. The molecule has 0 aromatic rings. The summed E-state index contributed by atoms with van der Waals surface area (Å²) in [6.07, 6.45) is 1.15. The Kier molecular flexibility index (Phi) is 2.70. The van der Waals surface area contributed by atoms with E-state index in [4.69, 9.17) is 11.3 Å². The molecule has 0 bridgehead atoms. The van der Waals surface area contributed by atoms with Crippen LogP contribution >= 0.6 is 0 Å². The summed E-state index contributed by atoms with van der Waals surface area (Å²) in [5.74, 6) is 1.18. The van der Waals surface area contributed by atoms with Crippen molar-refractivity contribution in [1.29, 1.82) is 0 Å². The highest BCUT2D eigenvalue weighted by molar-refractivity contribution is 4.76. The summed E-state index contributed by atoms with van der Waals surface area (Å²) in [5.41, 5.74) is 0. The first kappa shape index (κ1) is 7.56. The van der Waals surface area contributed by atoms with Crippen molar-refractivity contribution in [3.05, 3.63) is 11.4 Å². The van der Waals surface area contributed by atoms with Crippen LogP contribution in [0.2, 0.25) is 0 Å². The summed E-state index contributed by atoms with van der Waals surface area (Å²) in [4.78, 5) is 3.37. The van der Waals surface area contributed by atoms with Crippen LogP contribution in [-0.4, -0.2) is 19.8 Å². The van der Waals surface area contributed by atoms with Crippen molar-refractivity contribution in [1.82, 2.24) is 0 Å². The van der Waals surface area contributed by atoms with Gasteiger partial charge in [0, 0.05) is 19.1 Å². The van der Waals surface area contributed by atoms with Crippen LogP contribution in [-0.2, 0) is 4.74 Å². The van der Waals surface area contributed by atoms with Gasteiger partial charge in [-0.25, -0.2) is 6.57 Å². The maximum absolute atomic E-state index is 6.68. The van der Waals surface area contributed by atoms with Crippen molar-refractivity contribution in [2.45, 2.75) is 13.3 Å². The average Bonchev–Trinajstić information content (AvgIpc) is 2.38. The van der Waals surface area contributed by atoms with E-state index >= 15 is 0 Å². The number of rotatable bonds is 2. The van der Waals surface area contributed by atoms with E-state index in [2.05, 4.69) is 11.8 Å². The van der Waals surface area contributed by atoms with Crippen LogP contribution in [0.1, 0.15) is 13.3 Å². The zero-order chi connectivity index (χ0) is 7.40. The van der Waals surface area contributed by atoms with Crippen molar-refractivity contribution in [3.63, 3.8) is 0 Å². The highest BCUT2D eigenvalue weighted by Crippen LogP contribution is 2.21. The molecule has 2 atom stereocenters. The molecule has 1 aliphatic heterocycles. The Balaban J connectivity index is 2.26. The van der Waals surface area contributed by atoms with E-state index < -0.39 is 0 Å². The summed E-state index contributed by atoms with van der Waals surface area (Å²) in [6, 6.07) is 0. The van der Waals surface area contributed by atoms with Gasteiger partial charge in [-0.15, -0.1) is 0 Å². The highest BCUT2D eigenvalue weighted by Gasteiger charge is 2.23. The number of nitrogens with zero attached hydrogens (tertiary/aromatic N) is 1. The van der Waals surface area contributed by atoms with E-state index in [-0.39, 0.29) is 0 Å². The van der Waals surface area contributed by atoms with Crippen LogP contribution < -0.4 is 0 Å². The summed E-state index contributed by atoms with van der Waals surface area (Å²) >= 11 is 0. The van der Waals surface area contributed by atoms with E-state index in [1.54, 1.807) is 0 Å². The molecule has 0 saturated carbocycles. The monoisotopic (exact) mass is 139 g/mol. The molecule has 2 heteroatoms. The first-order valence-electron chi connectivity index (χ1n) is 3.75. The van der Waals surface area contributed by atoms with Crippen LogP contribution in [0.5, 0.6) is 0 Å². The third-order valence-electron chi connectivity index (χ3n) is 2.15. The van der Waals surface area contributed by atoms with Crippen molar-refractivity contribution in [2.75, 3.05) is 19.8 Å². The average molecular weight is 139 g/mol. The summed E-state index contributed by atoms with van der Waals surface area (Å²) < 4.78 is 5.22. The number of hydrogen-bond acceptors (Lipinski definition) is 1. The minimum absolute atomic E-state index is 0.528. The fraction of sp³-hybridized carbons (Fsp3) is 0.875. The Labute approximate surface area is 62.0 Å². The predicted octanol–water partition coefficient (Wildman–Crippen LogP) is 1.58. The molecule has 0 aliphatic carbocycles. The van der Waals surface area contributed by atoms with E-state index in [0.29, 0.717) is 18.4 Å². The van der Waals surface area contributed by atoms with E-state index in [1.165, 1.54) is 0 Å². The molecule has 10 heavy (non-hydrogen) atoms. The number of ether oxygens (including phenoxy) is 1. The van der Waals surface area contributed by atoms with Gasteiger partial charge in [-0.3, -0.25) is 0 Å². The minimum Gasteiger partial charge on any atom is -0.381 e. The van der Waals surface area contributed by atoms with E-state index in [1.807, 2.05) is 0 Å². The molecule has 0 radical (unpaired) electrons. The molecule has 1 saturated heterocycles. The zero-order valence-electron chi connectivity index (χ0n) is 6.34. The van der Waals surface area contributed by atoms with Crippen molar-refractivity contribution >= 4 is 0 Å². The second-order valence-electron chi connectivity index (χ2n) is 2.94. The Bertz CT molecular complexity index is 133. The van der Waals surface area contributed by atoms with Gasteiger partial charge in [0.25, 0.3) is 0 Å². The summed E-state index contributed by atoms with van der Waals surface area (Å²) in [7, 11) is 0. The Morgan fingerprint density at radius 1 is 1.80 bits per heavy atom. The topological polar surface area (TPSA) is 13.6 Å². The molecule has 1 heterocycles. The second-order valence-corrected chi connectivity index (χ2v) is 2.94. The van der Waals surface area contributed by atoms with Gasteiger partial charge in [0.1, 0.15) is 0 Å². The van der Waals surface area contributed by atoms with E-state index in [9.17, 15) is 0 Å². The molecule has 0 aromatic heterocycles. The molecular formula is C8H13NO. The first-order valence-corrected chi connectivity index (χ1v) is 3.75. The Morgan fingerprint density at radius 3 is 3.10 bits per heavy atom. The van der Waals surface area contributed by atoms with Gasteiger partial charge in [0.2, 0.25) is 6.54 Å². The van der Waals surface area contributed by atoms with Crippen molar-refractivity contribution < 1.29 is 4.74 Å². The third kappa shape index (κ3) is 1.71. The smallest absolute Gasteiger partial charge is 0.217 e. The molecule has 0 N–H and O–H groups in total. The van der Waals surface area contributed by atoms with Gasteiger partial charge in [-0.05, 0) is 12.3 Å². The van der Waals surface area contributed by atoms with Gasteiger partial charge in [-0.1, -0.05) is 6.92 Å². The van der Waals surface area contributed by atoms with Crippen molar-refractivity contribution in [3.8, 4) is 0 Å². The van der Waals surface area contributed by atoms with Crippen LogP contribution in [0, 0.1) is 18.4 Å².